The van der Waals surface area contributed by atoms with Gasteiger partial charge < -0.3 is 16.4 Å². The van der Waals surface area contributed by atoms with Gasteiger partial charge in [0.1, 0.15) is 0 Å². The van der Waals surface area contributed by atoms with Gasteiger partial charge in [-0.3, -0.25) is 9.59 Å². The SMILES string of the molecule is CCC(=O)Nc1cccc(C(=O)NCCCN)c1. The molecule has 0 saturated carbocycles. The molecule has 0 unspecified atom stereocenters. The Morgan fingerprint density at radius 2 is 2.11 bits per heavy atom. The maximum atomic E-state index is 11.8. The minimum Gasteiger partial charge on any atom is -0.352 e. The molecule has 0 saturated heterocycles. The molecule has 18 heavy (non-hydrogen) atoms. The van der Waals surface area contributed by atoms with Crippen molar-refractivity contribution >= 4 is 17.5 Å². The van der Waals surface area contributed by atoms with Crippen LogP contribution in [-0.4, -0.2) is 24.9 Å². The fraction of sp³-hybridized carbons (Fsp3) is 0.385. The van der Waals surface area contributed by atoms with E-state index in [-0.39, 0.29) is 11.8 Å². The summed E-state index contributed by atoms with van der Waals surface area (Å²) in [6.07, 6.45) is 1.16. The van der Waals surface area contributed by atoms with Gasteiger partial charge in [-0.15, -0.1) is 0 Å². The van der Waals surface area contributed by atoms with Crippen LogP contribution in [0.2, 0.25) is 0 Å². The van der Waals surface area contributed by atoms with Gasteiger partial charge in [-0.1, -0.05) is 13.0 Å². The Labute approximate surface area is 107 Å². The molecule has 1 aromatic rings. The molecule has 5 nitrogen and oxygen atoms in total. The van der Waals surface area contributed by atoms with Gasteiger partial charge >= 0.3 is 0 Å². The van der Waals surface area contributed by atoms with E-state index >= 15 is 0 Å². The molecule has 0 heterocycles. The standard InChI is InChI=1S/C13H19N3O2/c1-2-12(17)16-11-6-3-5-10(9-11)13(18)15-8-4-7-14/h3,5-6,9H,2,4,7-8,14H2,1H3,(H,15,18)(H,16,17). The summed E-state index contributed by atoms with van der Waals surface area (Å²) >= 11 is 0. The minimum absolute atomic E-state index is 0.0734. The van der Waals surface area contributed by atoms with Crippen molar-refractivity contribution in [3.8, 4) is 0 Å². The third-order valence-electron chi connectivity index (χ3n) is 2.40. The smallest absolute Gasteiger partial charge is 0.251 e. The summed E-state index contributed by atoms with van der Waals surface area (Å²) in [5.41, 5.74) is 6.51. The molecule has 98 valence electrons. The number of hydrogen-bond donors (Lipinski definition) is 3. The number of carbonyl (C=O) groups excluding carboxylic acids is 2. The first-order valence-corrected chi connectivity index (χ1v) is 6.05. The van der Waals surface area contributed by atoms with E-state index in [0.29, 0.717) is 30.8 Å². The lowest BCUT2D eigenvalue weighted by atomic mass is 10.2. The maximum Gasteiger partial charge on any atom is 0.251 e. The molecule has 5 heteroatoms. The van der Waals surface area contributed by atoms with Crippen LogP contribution in [0.15, 0.2) is 24.3 Å². The number of anilines is 1. The van der Waals surface area contributed by atoms with Gasteiger partial charge in [-0.05, 0) is 31.2 Å². The zero-order valence-electron chi connectivity index (χ0n) is 10.5. The number of nitrogens with two attached hydrogens (primary N) is 1. The van der Waals surface area contributed by atoms with Crippen molar-refractivity contribution in [1.29, 1.82) is 0 Å². The Hall–Kier alpha value is -1.88. The lowest BCUT2D eigenvalue weighted by Gasteiger charge is -2.07. The average molecular weight is 249 g/mol. The normalized spacial score (nSPS) is 9.89. The predicted octanol–water partition coefficient (Wildman–Crippen LogP) is 1.11. The van der Waals surface area contributed by atoms with Crippen LogP contribution in [0.25, 0.3) is 0 Å². The van der Waals surface area contributed by atoms with Crippen molar-refractivity contribution in [3.63, 3.8) is 0 Å². The highest BCUT2D eigenvalue weighted by Gasteiger charge is 2.06. The first kappa shape index (κ1) is 14.2. The molecule has 0 aromatic heterocycles. The molecule has 1 rings (SSSR count). The van der Waals surface area contributed by atoms with Crippen molar-refractivity contribution in [2.24, 2.45) is 5.73 Å². The van der Waals surface area contributed by atoms with E-state index in [1.54, 1.807) is 31.2 Å². The monoisotopic (exact) mass is 249 g/mol. The molecule has 0 aliphatic carbocycles. The van der Waals surface area contributed by atoms with Crippen LogP contribution in [0.5, 0.6) is 0 Å². The van der Waals surface area contributed by atoms with Crippen LogP contribution >= 0.6 is 0 Å². The Kier molecular flexibility index (Phi) is 5.87. The molecule has 0 radical (unpaired) electrons. The van der Waals surface area contributed by atoms with Crippen LogP contribution in [0.4, 0.5) is 5.69 Å². The molecule has 0 aliphatic heterocycles. The third kappa shape index (κ3) is 4.55. The Morgan fingerprint density at radius 3 is 2.78 bits per heavy atom. The van der Waals surface area contributed by atoms with E-state index in [9.17, 15) is 9.59 Å². The van der Waals surface area contributed by atoms with Crippen LogP contribution in [0.1, 0.15) is 30.1 Å². The van der Waals surface area contributed by atoms with Crippen LogP contribution in [0, 0.1) is 0 Å². The van der Waals surface area contributed by atoms with Crippen molar-refractivity contribution in [1.82, 2.24) is 5.32 Å². The number of rotatable bonds is 6. The molecule has 0 aliphatic rings. The molecule has 2 amide bonds. The highest BCUT2D eigenvalue weighted by atomic mass is 16.2. The molecule has 0 atom stereocenters. The van der Waals surface area contributed by atoms with Gasteiger partial charge in [0.05, 0.1) is 0 Å². The lowest BCUT2D eigenvalue weighted by molar-refractivity contribution is -0.115. The Morgan fingerprint density at radius 1 is 1.33 bits per heavy atom. The van der Waals surface area contributed by atoms with Crippen molar-refractivity contribution in [3.05, 3.63) is 29.8 Å². The predicted molar refractivity (Wildman–Crippen MR) is 71.4 cm³/mol. The van der Waals surface area contributed by atoms with E-state index in [0.717, 1.165) is 6.42 Å². The topological polar surface area (TPSA) is 84.2 Å². The lowest BCUT2D eigenvalue weighted by Crippen LogP contribution is -2.26. The molecule has 4 N–H and O–H groups in total. The first-order valence-electron chi connectivity index (χ1n) is 6.05. The van der Waals surface area contributed by atoms with E-state index < -0.39 is 0 Å². The second-order valence-corrected chi connectivity index (χ2v) is 3.88. The fourth-order valence-electron chi connectivity index (χ4n) is 1.39. The van der Waals surface area contributed by atoms with E-state index in [1.165, 1.54) is 0 Å². The number of amides is 2. The van der Waals surface area contributed by atoms with Crippen molar-refractivity contribution < 1.29 is 9.59 Å². The average Bonchev–Trinajstić information content (AvgIpc) is 2.39. The summed E-state index contributed by atoms with van der Waals surface area (Å²) in [4.78, 5) is 23.0. The maximum absolute atomic E-state index is 11.8. The summed E-state index contributed by atoms with van der Waals surface area (Å²) < 4.78 is 0. The summed E-state index contributed by atoms with van der Waals surface area (Å²) in [5.74, 6) is -0.230. The zero-order valence-corrected chi connectivity index (χ0v) is 10.5. The van der Waals surface area contributed by atoms with E-state index in [2.05, 4.69) is 10.6 Å². The number of carbonyl (C=O) groups is 2. The number of benzene rings is 1. The fourth-order valence-corrected chi connectivity index (χ4v) is 1.39. The highest BCUT2D eigenvalue weighted by molar-refractivity contribution is 5.97. The summed E-state index contributed by atoms with van der Waals surface area (Å²) in [7, 11) is 0. The minimum atomic E-state index is -0.156. The van der Waals surface area contributed by atoms with Gasteiger partial charge in [0, 0.05) is 24.2 Å². The van der Waals surface area contributed by atoms with Gasteiger partial charge in [0.2, 0.25) is 5.91 Å². The molecular formula is C13H19N3O2. The largest absolute Gasteiger partial charge is 0.352 e. The summed E-state index contributed by atoms with van der Waals surface area (Å²) in [6, 6.07) is 6.86. The molecule has 0 fully saturated rings. The zero-order chi connectivity index (χ0) is 13.4. The quantitative estimate of drug-likeness (QED) is 0.660. The van der Waals surface area contributed by atoms with E-state index in [4.69, 9.17) is 5.73 Å². The first-order chi connectivity index (χ1) is 8.67. The molecular weight excluding hydrogens is 230 g/mol. The third-order valence-corrected chi connectivity index (χ3v) is 2.40. The van der Waals surface area contributed by atoms with Gasteiger partial charge in [0.15, 0.2) is 0 Å². The van der Waals surface area contributed by atoms with Crippen LogP contribution in [-0.2, 0) is 4.79 Å². The summed E-state index contributed by atoms with van der Waals surface area (Å²) in [5, 5.41) is 5.48. The second kappa shape index (κ2) is 7.45. The molecule has 0 bridgehead atoms. The highest BCUT2D eigenvalue weighted by Crippen LogP contribution is 2.10. The molecule has 0 spiro atoms. The van der Waals surface area contributed by atoms with Crippen molar-refractivity contribution in [2.45, 2.75) is 19.8 Å². The van der Waals surface area contributed by atoms with Gasteiger partial charge in [-0.2, -0.15) is 0 Å². The van der Waals surface area contributed by atoms with Gasteiger partial charge in [-0.25, -0.2) is 0 Å². The summed E-state index contributed by atoms with van der Waals surface area (Å²) in [6.45, 7) is 2.88. The van der Waals surface area contributed by atoms with E-state index in [1.807, 2.05) is 0 Å². The second-order valence-electron chi connectivity index (χ2n) is 3.88. The number of nitrogens with one attached hydrogen (secondary N) is 2. The Balaban J connectivity index is 2.63. The van der Waals surface area contributed by atoms with Crippen LogP contribution < -0.4 is 16.4 Å². The van der Waals surface area contributed by atoms with Crippen molar-refractivity contribution in [2.75, 3.05) is 18.4 Å². The Bertz CT molecular complexity index is 418. The number of hydrogen-bond acceptors (Lipinski definition) is 3. The van der Waals surface area contributed by atoms with Crippen LogP contribution in [0.3, 0.4) is 0 Å². The molecule has 1 aromatic carbocycles. The van der Waals surface area contributed by atoms with Gasteiger partial charge in [0.25, 0.3) is 5.91 Å².